The third-order valence-corrected chi connectivity index (χ3v) is 5.44. The molecule has 0 radical (unpaired) electrons. The SMILES string of the molecule is CC(C)(O)C1CCCN1CC(=O)Nc1nc2c(s1)CCC2. The van der Waals surface area contributed by atoms with E-state index < -0.39 is 5.60 Å². The van der Waals surface area contributed by atoms with Crippen molar-refractivity contribution < 1.29 is 9.90 Å². The van der Waals surface area contributed by atoms with Crippen molar-refractivity contribution in [3.8, 4) is 0 Å². The van der Waals surface area contributed by atoms with Crippen molar-refractivity contribution in [2.45, 2.75) is 57.6 Å². The van der Waals surface area contributed by atoms with Gasteiger partial charge in [-0.05, 0) is 52.5 Å². The Hall–Kier alpha value is -0.980. The van der Waals surface area contributed by atoms with Crippen molar-refractivity contribution in [1.29, 1.82) is 0 Å². The maximum atomic E-state index is 12.2. The van der Waals surface area contributed by atoms with E-state index in [-0.39, 0.29) is 11.9 Å². The smallest absolute Gasteiger partial charge is 0.240 e. The van der Waals surface area contributed by atoms with Gasteiger partial charge < -0.3 is 10.4 Å². The predicted octanol–water partition coefficient (Wildman–Crippen LogP) is 1.81. The molecule has 1 unspecified atom stereocenters. The minimum absolute atomic E-state index is 0.0291. The number of hydrogen-bond donors (Lipinski definition) is 2. The molecule has 1 aromatic rings. The molecular formula is C15H23N3O2S. The van der Waals surface area contributed by atoms with Gasteiger partial charge in [0.15, 0.2) is 5.13 Å². The first-order valence-corrected chi connectivity index (χ1v) is 8.50. The highest BCUT2D eigenvalue weighted by Gasteiger charge is 2.36. The zero-order valence-electron chi connectivity index (χ0n) is 12.7. The van der Waals surface area contributed by atoms with Crippen molar-refractivity contribution in [3.63, 3.8) is 0 Å². The number of carbonyl (C=O) groups excluding carboxylic acids is 1. The Labute approximate surface area is 129 Å². The van der Waals surface area contributed by atoms with Gasteiger partial charge >= 0.3 is 0 Å². The minimum atomic E-state index is -0.765. The van der Waals surface area contributed by atoms with Gasteiger partial charge in [0.05, 0.1) is 17.8 Å². The third kappa shape index (κ3) is 3.27. The van der Waals surface area contributed by atoms with E-state index in [1.54, 1.807) is 11.3 Å². The fraction of sp³-hybridized carbons (Fsp3) is 0.733. The second-order valence-corrected chi connectivity index (χ2v) is 7.66. The van der Waals surface area contributed by atoms with Crippen LogP contribution in [0.2, 0.25) is 0 Å². The van der Waals surface area contributed by atoms with Gasteiger partial charge in [-0.3, -0.25) is 9.69 Å². The molecule has 1 saturated heterocycles. The van der Waals surface area contributed by atoms with Gasteiger partial charge in [-0.2, -0.15) is 0 Å². The normalized spacial score (nSPS) is 22.5. The van der Waals surface area contributed by atoms with E-state index in [0.29, 0.717) is 6.54 Å². The van der Waals surface area contributed by atoms with Gasteiger partial charge in [0, 0.05) is 10.9 Å². The number of aliphatic hydroxyl groups is 1. The lowest BCUT2D eigenvalue weighted by Gasteiger charge is -2.33. The van der Waals surface area contributed by atoms with Crippen molar-refractivity contribution in [3.05, 3.63) is 10.6 Å². The largest absolute Gasteiger partial charge is 0.389 e. The lowest BCUT2D eigenvalue weighted by Crippen LogP contribution is -2.48. The molecule has 1 aliphatic carbocycles. The molecule has 6 heteroatoms. The molecule has 3 rings (SSSR count). The molecule has 2 heterocycles. The topological polar surface area (TPSA) is 65.5 Å². The molecule has 0 spiro atoms. The molecule has 0 saturated carbocycles. The summed E-state index contributed by atoms with van der Waals surface area (Å²) in [4.78, 5) is 20.1. The van der Waals surface area contributed by atoms with E-state index in [0.717, 1.165) is 43.1 Å². The van der Waals surface area contributed by atoms with E-state index in [4.69, 9.17) is 0 Å². The van der Waals surface area contributed by atoms with Crippen molar-refractivity contribution in [1.82, 2.24) is 9.88 Å². The third-order valence-electron chi connectivity index (χ3n) is 4.37. The summed E-state index contributed by atoms with van der Waals surface area (Å²) in [6.07, 6.45) is 5.30. The number of fused-ring (bicyclic) bond motifs is 1. The summed E-state index contributed by atoms with van der Waals surface area (Å²) in [6.45, 7) is 4.84. The molecule has 116 valence electrons. The quantitative estimate of drug-likeness (QED) is 0.890. The molecule has 1 aromatic heterocycles. The minimum Gasteiger partial charge on any atom is -0.389 e. The van der Waals surface area contributed by atoms with E-state index >= 15 is 0 Å². The van der Waals surface area contributed by atoms with Crippen LogP contribution in [0.15, 0.2) is 0 Å². The fourth-order valence-electron chi connectivity index (χ4n) is 3.40. The van der Waals surface area contributed by atoms with Crippen LogP contribution >= 0.6 is 11.3 Å². The Morgan fingerprint density at radius 3 is 3.00 bits per heavy atom. The molecule has 0 bridgehead atoms. The van der Waals surface area contributed by atoms with Crippen LogP contribution in [0.5, 0.6) is 0 Å². The monoisotopic (exact) mass is 309 g/mol. The van der Waals surface area contributed by atoms with Gasteiger partial charge in [-0.25, -0.2) is 4.98 Å². The highest BCUT2D eigenvalue weighted by Crippen LogP contribution is 2.31. The van der Waals surface area contributed by atoms with E-state index in [2.05, 4.69) is 15.2 Å². The Balaban J connectivity index is 1.58. The summed E-state index contributed by atoms with van der Waals surface area (Å²) in [7, 11) is 0. The summed E-state index contributed by atoms with van der Waals surface area (Å²) in [5.41, 5.74) is 0.393. The number of carbonyl (C=O) groups is 1. The molecule has 1 aliphatic heterocycles. The molecule has 2 aliphatic rings. The van der Waals surface area contributed by atoms with Crippen molar-refractivity contribution in [2.24, 2.45) is 0 Å². The van der Waals surface area contributed by atoms with Gasteiger partial charge in [-0.1, -0.05) is 0 Å². The second kappa shape index (κ2) is 5.66. The summed E-state index contributed by atoms with van der Waals surface area (Å²) in [6, 6.07) is 0.0598. The second-order valence-electron chi connectivity index (χ2n) is 6.57. The molecule has 1 atom stereocenters. The fourth-order valence-corrected chi connectivity index (χ4v) is 4.47. The van der Waals surface area contributed by atoms with E-state index in [9.17, 15) is 9.90 Å². The zero-order valence-corrected chi connectivity index (χ0v) is 13.5. The number of aryl methyl sites for hydroxylation is 2. The number of aromatic nitrogens is 1. The van der Waals surface area contributed by atoms with Crippen LogP contribution in [0.1, 0.15) is 43.7 Å². The van der Waals surface area contributed by atoms with E-state index in [1.807, 2.05) is 13.8 Å². The maximum absolute atomic E-state index is 12.2. The molecule has 2 N–H and O–H groups in total. The van der Waals surface area contributed by atoms with Crippen molar-refractivity contribution in [2.75, 3.05) is 18.4 Å². The molecule has 0 aromatic carbocycles. The highest BCUT2D eigenvalue weighted by molar-refractivity contribution is 7.15. The van der Waals surface area contributed by atoms with Gasteiger partial charge in [0.2, 0.25) is 5.91 Å². The summed E-state index contributed by atoms with van der Waals surface area (Å²) >= 11 is 1.60. The van der Waals surface area contributed by atoms with Crippen LogP contribution in [-0.4, -0.2) is 45.6 Å². The standard InChI is InChI=1S/C15H23N3O2S/c1-15(2,20)12-7-4-8-18(12)9-13(19)17-14-16-10-5-3-6-11(10)21-14/h12,20H,3-9H2,1-2H3,(H,16,17,19). The van der Waals surface area contributed by atoms with Gasteiger partial charge in [0.25, 0.3) is 0 Å². The summed E-state index contributed by atoms with van der Waals surface area (Å²) < 4.78 is 0. The number of likely N-dealkylation sites (tertiary alicyclic amines) is 1. The first kappa shape index (κ1) is 14.9. The number of nitrogens with one attached hydrogen (secondary N) is 1. The van der Waals surface area contributed by atoms with Gasteiger partial charge in [-0.15, -0.1) is 11.3 Å². The lowest BCUT2D eigenvalue weighted by molar-refractivity contribution is -0.118. The maximum Gasteiger partial charge on any atom is 0.240 e. The number of amides is 1. The van der Waals surface area contributed by atoms with Crippen molar-refractivity contribution >= 4 is 22.4 Å². The number of nitrogens with zero attached hydrogens (tertiary/aromatic N) is 2. The van der Waals surface area contributed by atoms with Gasteiger partial charge in [0.1, 0.15) is 0 Å². The predicted molar refractivity (Wildman–Crippen MR) is 83.7 cm³/mol. The summed E-state index contributed by atoms with van der Waals surface area (Å²) in [5.74, 6) is -0.0291. The Kier molecular flexibility index (Phi) is 4.03. The highest BCUT2D eigenvalue weighted by atomic mass is 32.1. The number of anilines is 1. The van der Waals surface area contributed by atoms with Crippen LogP contribution < -0.4 is 5.32 Å². The molecule has 1 amide bonds. The number of rotatable bonds is 4. The van der Waals surface area contributed by atoms with E-state index in [1.165, 1.54) is 11.3 Å². The zero-order chi connectivity index (χ0) is 15.0. The lowest BCUT2D eigenvalue weighted by atomic mass is 9.97. The van der Waals surface area contributed by atoms with Crippen LogP contribution in [-0.2, 0) is 17.6 Å². The van der Waals surface area contributed by atoms with Crippen LogP contribution in [0.4, 0.5) is 5.13 Å². The molecule has 5 nitrogen and oxygen atoms in total. The Morgan fingerprint density at radius 1 is 1.48 bits per heavy atom. The Morgan fingerprint density at radius 2 is 2.29 bits per heavy atom. The molecular weight excluding hydrogens is 286 g/mol. The number of hydrogen-bond acceptors (Lipinski definition) is 5. The first-order valence-electron chi connectivity index (χ1n) is 7.68. The summed E-state index contributed by atoms with van der Waals surface area (Å²) in [5, 5.41) is 13.8. The average Bonchev–Trinajstić information content (AvgIpc) is 3.02. The molecule has 21 heavy (non-hydrogen) atoms. The van der Waals surface area contributed by atoms with Crippen LogP contribution in [0, 0.1) is 0 Å². The Bertz CT molecular complexity index is 514. The first-order chi connectivity index (χ1) is 9.93. The number of thiazole rings is 1. The van der Waals surface area contributed by atoms with Crippen LogP contribution in [0.3, 0.4) is 0 Å². The average molecular weight is 309 g/mol. The molecule has 1 fully saturated rings. The van der Waals surface area contributed by atoms with Crippen LogP contribution in [0.25, 0.3) is 0 Å².